The average molecular weight is 473 g/mol. The second-order valence-electron chi connectivity index (χ2n) is 9.26. The Morgan fingerprint density at radius 2 is 1.42 bits per heavy atom. The summed E-state index contributed by atoms with van der Waals surface area (Å²) in [5.41, 5.74) is 5.01. The van der Waals surface area contributed by atoms with Crippen LogP contribution in [0.3, 0.4) is 0 Å². The zero-order valence-corrected chi connectivity index (χ0v) is 20.7. The van der Waals surface area contributed by atoms with E-state index >= 15 is 0 Å². The summed E-state index contributed by atoms with van der Waals surface area (Å²) in [7, 11) is 1.91. The summed E-state index contributed by atoms with van der Waals surface area (Å²) in [5, 5.41) is 2.73. The van der Waals surface area contributed by atoms with E-state index in [2.05, 4.69) is 35.9 Å². The van der Waals surface area contributed by atoms with Crippen LogP contribution in [0.4, 0.5) is 0 Å². The lowest BCUT2D eigenvalue weighted by Gasteiger charge is -2.39. The predicted molar refractivity (Wildman–Crippen MR) is 136 cm³/mol. The van der Waals surface area contributed by atoms with Crippen LogP contribution in [0, 0.1) is 0 Å². The van der Waals surface area contributed by atoms with E-state index in [1.807, 2.05) is 12.1 Å². The normalized spacial score (nSPS) is 18.8. The molecule has 2 fully saturated rings. The standard InChI is InChI=1S/C26H31Cl2N2P/c1-30-24-17-22(28)21(27)16-23(24)29-26(30)20-14-8-9-15-25(20)31(18-10-4-2-5-11-18)19-12-6-3-7-13-19/h8-9,14-19H,2-7,10-13H2,1H3. The summed E-state index contributed by atoms with van der Waals surface area (Å²) in [6.07, 6.45) is 14.1. The van der Waals surface area contributed by atoms with Gasteiger partial charge in [0.05, 0.1) is 21.1 Å². The van der Waals surface area contributed by atoms with Crippen LogP contribution >= 0.6 is 31.1 Å². The highest BCUT2D eigenvalue weighted by Crippen LogP contribution is 2.56. The first-order valence-electron chi connectivity index (χ1n) is 11.8. The lowest BCUT2D eigenvalue weighted by Crippen LogP contribution is -2.27. The van der Waals surface area contributed by atoms with Crippen molar-refractivity contribution in [3.63, 3.8) is 0 Å². The van der Waals surface area contributed by atoms with Gasteiger partial charge in [-0.1, -0.05) is 93.9 Å². The van der Waals surface area contributed by atoms with Gasteiger partial charge in [0.1, 0.15) is 5.82 Å². The third-order valence-electron chi connectivity index (χ3n) is 7.28. The van der Waals surface area contributed by atoms with Crippen molar-refractivity contribution in [1.82, 2.24) is 9.55 Å². The first kappa shape index (κ1) is 21.7. The van der Waals surface area contributed by atoms with Crippen LogP contribution in [0.15, 0.2) is 36.4 Å². The average Bonchev–Trinajstić information content (AvgIpc) is 3.11. The minimum absolute atomic E-state index is 0.196. The summed E-state index contributed by atoms with van der Waals surface area (Å²) in [6.45, 7) is 0. The molecular weight excluding hydrogens is 442 g/mol. The molecule has 1 aromatic heterocycles. The Bertz CT molecular complexity index is 1050. The number of hydrogen-bond acceptors (Lipinski definition) is 1. The molecule has 2 nitrogen and oxygen atoms in total. The van der Waals surface area contributed by atoms with Crippen molar-refractivity contribution in [3.05, 3.63) is 46.4 Å². The molecule has 5 rings (SSSR count). The van der Waals surface area contributed by atoms with Gasteiger partial charge >= 0.3 is 0 Å². The van der Waals surface area contributed by atoms with Crippen molar-refractivity contribution in [2.75, 3.05) is 0 Å². The van der Waals surface area contributed by atoms with Crippen molar-refractivity contribution >= 4 is 47.5 Å². The number of imidazole rings is 1. The molecule has 2 aliphatic carbocycles. The fourth-order valence-electron chi connectivity index (χ4n) is 5.73. The predicted octanol–water partition coefficient (Wildman–Crippen LogP) is 8.32. The monoisotopic (exact) mass is 472 g/mol. The molecule has 5 heteroatoms. The minimum Gasteiger partial charge on any atom is -0.327 e. The molecule has 0 saturated heterocycles. The Balaban J connectivity index is 1.63. The first-order chi connectivity index (χ1) is 15.1. The molecule has 2 aromatic carbocycles. The van der Waals surface area contributed by atoms with Gasteiger partial charge in [0.15, 0.2) is 0 Å². The number of fused-ring (bicyclic) bond motifs is 1. The van der Waals surface area contributed by atoms with Crippen LogP contribution in [0.25, 0.3) is 22.4 Å². The topological polar surface area (TPSA) is 17.8 Å². The van der Waals surface area contributed by atoms with Gasteiger partial charge in [-0.15, -0.1) is 0 Å². The van der Waals surface area contributed by atoms with E-state index in [0.29, 0.717) is 10.0 Å². The molecule has 0 radical (unpaired) electrons. The molecule has 164 valence electrons. The molecule has 0 unspecified atom stereocenters. The zero-order chi connectivity index (χ0) is 21.4. The van der Waals surface area contributed by atoms with Crippen molar-refractivity contribution in [3.8, 4) is 11.4 Å². The molecule has 0 amide bonds. The summed E-state index contributed by atoms with van der Waals surface area (Å²) in [5.74, 6) is 1.04. The molecule has 3 aromatic rings. The maximum atomic E-state index is 6.33. The van der Waals surface area contributed by atoms with Crippen molar-refractivity contribution in [2.45, 2.75) is 75.5 Å². The molecule has 2 aliphatic rings. The lowest BCUT2D eigenvalue weighted by atomic mass is 9.99. The molecule has 1 heterocycles. The summed E-state index contributed by atoms with van der Waals surface area (Å²) in [6, 6.07) is 13.0. The van der Waals surface area contributed by atoms with E-state index < -0.39 is 0 Å². The molecule has 2 saturated carbocycles. The van der Waals surface area contributed by atoms with Crippen molar-refractivity contribution in [2.24, 2.45) is 7.05 Å². The van der Waals surface area contributed by atoms with E-state index in [4.69, 9.17) is 28.2 Å². The molecule has 0 atom stereocenters. The molecule has 0 spiro atoms. The number of aromatic nitrogens is 2. The van der Waals surface area contributed by atoms with Crippen LogP contribution in [-0.2, 0) is 7.05 Å². The molecule has 0 aliphatic heterocycles. The smallest absolute Gasteiger partial charge is 0.141 e. The van der Waals surface area contributed by atoms with Gasteiger partial charge in [0.25, 0.3) is 0 Å². The van der Waals surface area contributed by atoms with Crippen LogP contribution in [-0.4, -0.2) is 20.9 Å². The fourth-order valence-corrected chi connectivity index (χ4v) is 9.98. The van der Waals surface area contributed by atoms with Gasteiger partial charge < -0.3 is 4.57 Å². The van der Waals surface area contributed by atoms with E-state index in [1.54, 1.807) is 5.30 Å². The first-order valence-corrected chi connectivity index (χ1v) is 14.1. The molecule has 0 bridgehead atoms. The number of rotatable bonds is 4. The van der Waals surface area contributed by atoms with E-state index in [-0.39, 0.29) is 7.92 Å². The van der Waals surface area contributed by atoms with E-state index in [9.17, 15) is 0 Å². The minimum atomic E-state index is -0.196. The maximum Gasteiger partial charge on any atom is 0.141 e. The van der Waals surface area contributed by atoms with Gasteiger partial charge in [0, 0.05) is 12.6 Å². The Hall–Kier alpha value is -1.08. The number of halogens is 2. The second-order valence-corrected chi connectivity index (χ2v) is 12.8. The van der Waals surface area contributed by atoms with Crippen LogP contribution in [0.5, 0.6) is 0 Å². The Morgan fingerprint density at radius 3 is 2.06 bits per heavy atom. The third kappa shape index (κ3) is 4.29. The lowest BCUT2D eigenvalue weighted by molar-refractivity contribution is 0.487. The van der Waals surface area contributed by atoms with E-state index in [0.717, 1.165) is 28.2 Å². The van der Waals surface area contributed by atoms with Gasteiger partial charge in [-0.3, -0.25) is 0 Å². The zero-order valence-electron chi connectivity index (χ0n) is 18.3. The summed E-state index contributed by atoms with van der Waals surface area (Å²) in [4.78, 5) is 5.05. The number of benzene rings is 2. The van der Waals surface area contributed by atoms with Crippen LogP contribution in [0.1, 0.15) is 64.2 Å². The van der Waals surface area contributed by atoms with Crippen molar-refractivity contribution < 1.29 is 0 Å². The Kier molecular flexibility index (Phi) is 6.61. The molecular formula is C26H31Cl2N2P. The maximum absolute atomic E-state index is 6.33. The van der Waals surface area contributed by atoms with Gasteiger partial charge in [-0.2, -0.15) is 0 Å². The highest BCUT2D eigenvalue weighted by atomic mass is 35.5. The van der Waals surface area contributed by atoms with Gasteiger partial charge in [-0.05, 0) is 54.4 Å². The highest BCUT2D eigenvalue weighted by molar-refractivity contribution is 7.67. The molecule has 0 N–H and O–H groups in total. The highest BCUT2D eigenvalue weighted by Gasteiger charge is 2.34. The Labute approximate surface area is 197 Å². The van der Waals surface area contributed by atoms with Crippen LogP contribution in [0.2, 0.25) is 10.0 Å². The van der Waals surface area contributed by atoms with Gasteiger partial charge in [-0.25, -0.2) is 4.98 Å². The molecule has 31 heavy (non-hydrogen) atoms. The quantitative estimate of drug-likeness (QED) is 0.349. The number of nitrogens with zero attached hydrogens (tertiary/aromatic N) is 2. The Morgan fingerprint density at radius 1 is 0.839 bits per heavy atom. The SMILES string of the molecule is Cn1c(-c2ccccc2P(C2CCCCC2)C2CCCCC2)nc2cc(Cl)c(Cl)cc21. The second kappa shape index (κ2) is 9.42. The number of aryl methyl sites for hydroxylation is 1. The van der Waals surface area contributed by atoms with Crippen molar-refractivity contribution in [1.29, 1.82) is 0 Å². The summed E-state index contributed by atoms with van der Waals surface area (Å²) >= 11 is 12.6. The summed E-state index contributed by atoms with van der Waals surface area (Å²) < 4.78 is 2.20. The van der Waals surface area contributed by atoms with Gasteiger partial charge in [0.2, 0.25) is 0 Å². The van der Waals surface area contributed by atoms with E-state index in [1.165, 1.54) is 69.8 Å². The number of hydrogen-bond donors (Lipinski definition) is 0. The van der Waals surface area contributed by atoms with Crippen LogP contribution < -0.4 is 5.30 Å². The third-order valence-corrected chi connectivity index (χ3v) is 11.6. The largest absolute Gasteiger partial charge is 0.327 e. The fraction of sp³-hybridized carbons (Fsp3) is 0.500.